The number of ketones is 1. The van der Waals surface area contributed by atoms with Gasteiger partial charge >= 0.3 is 0 Å². The molecule has 0 fully saturated rings. The maximum absolute atomic E-state index is 11.5. The van der Waals surface area contributed by atoms with Gasteiger partial charge in [-0.15, -0.1) is 0 Å². The summed E-state index contributed by atoms with van der Waals surface area (Å²) in [7, 11) is 0. The van der Waals surface area contributed by atoms with Crippen LogP contribution in [0.3, 0.4) is 0 Å². The first-order valence-electron chi connectivity index (χ1n) is 6.56. The number of carbonyl (C=O) groups excluding carboxylic acids is 2. The van der Waals surface area contributed by atoms with Crippen molar-refractivity contribution in [3.63, 3.8) is 0 Å². The molecular formula is C16H19O3-. The topological polar surface area (TPSA) is 57.2 Å². The van der Waals surface area contributed by atoms with E-state index < -0.39 is 11.8 Å². The fraction of sp³-hybridized carbons (Fsp3) is 0.500. The number of hydrogen-bond donors (Lipinski definition) is 0. The molecule has 0 saturated carbocycles. The summed E-state index contributed by atoms with van der Waals surface area (Å²) in [6.07, 6.45) is 2.11. The number of carbonyl (C=O) groups is 2. The summed E-state index contributed by atoms with van der Waals surface area (Å²) < 4.78 is 0. The van der Waals surface area contributed by atoms with Crippen molar-refractivity contribution in [2.24, 2.45) is 0 Å². The van der Waals surface area contributed by atoms with Crippen LogP contribution in [0.4, 0.5) is 0 Å². The molecule has 1 aliphatic rings. The fourth-order valence-corrected chi connectivity index (χ4v) is 2.85. The maximum Gasteiger partial charge on any atom is 0.208 e. The second kappa shape index (κ2) is 4.19. The van der Waals surface area contributed by atoms with Crippen molar-refractivity contribution in [1.29, 1.82) is 0 Å². The van der Waals surface area contributed by atoms with Crippen LogP contribution in [-0.4, -0.2) is 11.8 Å². The summed E-state index contributed by atoms with van der Waals surface area (Å²) in [4.78, 5) is 22.2. The summed E-state index contributed by atoms with van der Waals surface area (Å²) in [5.74, 6) is -2.59. The maximum atomic E-state index is 11.5. The van der Waals surface area contributed by atoms with E-state index in [1.54, 1.807) is 12.1 Å². The molecule has 0 saturated heterocycles. The van der Waals surface area contributed by atoms with E-state index in [9.17, 15) is 14.7 Å². The monoisotopic (exact) mass is 259 g/mol. The first-order chi connectivity index (χ1) is 8.65. The van der Waals surface area contributed by atoms with E-state index in [1.807, 2.05) is 6.07 Å². The molecular weight excluding hydrogens is 240 g/mol. The molecule has 0 amide bonds. The van der Waals surface area contributed by atoms with Crippen LogP contribution in [0.15, 0.2) is 18.2 Å². The number of Topliss-reactive ketones (excluding diaryl/α,β-unsaturated/α-hetero) is 1. The van der Waals surface area contributed by atoms with Crippen LogP contribution in [0.25, 0.3) is 0 Å². The Labute approximate surface area is 113 Å². The molecule has 0 spiro atoms. The quantitative estimate of drug-likeness (QED) is 0.602. The highest BCUT2D eigenvalue weighted by atomic mass is 16.4. The van der Waals surface area contributed by atoms with Gasteiger partial charge in [0.25, 0.3) is 0 Å². The highest BCUT2D eigenvalue weighted by Gasteiger charge is 2.37. The lowest BCUT2D eigenvalue weighted by atomic mass is 9.63. The molecule has 0 N–H and O–H groups in total. The van der Waals surface area contributed by atoms with Gasteiger partial charge in [0.1, 0.15) is 5.97 Å². The number of rotatable bonds is 2. The third kappa shape index (κ3) is 2.29. The van der Waals surface area contributed by atoms with Crippen molar-refractivity contribution in [2.75, 3.05) is 0 Å². The number of carboxylic acids is 1. The smallest absolute Gasteiger partial charge is 0.208 e. The van der Waals surface area contributed by atoms with Gasteiger partial charge < -0.3 is 9.90 Å². The molecule has 102 valence electrons. The third-order valence-corrected chi connectivity index (χ3v) is 4.30. The van der Waals surface area contributed by atoms with Crippen LogP contribution in [-0.2, 0) is 15.6 Å². The minimum atomic E-state index is -1.65. The molecule has 19 heavy (non-hydrogen) atoms. The first kappa shape index (κ1) is 13.8. The number of hydrogen-bond acceptors (Lipinski definition) is 3. The second-order valence-electron chi connectivity index (χ2n) is 6.64. The van der Waals surface area contributed by atoms with Crippen molar-refractivity contribution in [3.8, 4) is 0 Å². The van der Waals surface area contributed by atoms with E-state index >= 15 is 0 Å². The molecule has 0 atom stereocenters. The third-order valence-electron chi connectivity index (χ3n) is 4.30. The van der Waals surface area contributed by atoms with E-state index in [0.717, 1.165) is 18.4 Å². The Morgan fingerprint density at radius 2 is 1.53 bits per heavy atom. The van der Waals surface area contributed by atoms with Crippen LogP contribution in [0.5, 0.6) is 0 Å². The molecule has 0 bridgehead atoms. The predicted molar refractivity (Wildman–Crippen MR) is 71.1 cm³/mol. The Morgan fingerprint density at radius 1 is 1.00 bits per heavy atom. The summed E-state index contributed by atoms with van der Waals surface area (Å²) in [6.45, 7) is 8.63. The molecule has 0 heterocycles. The number of fused-ring (bicyclic) bond motifs is 1. The van der Waals surface area contributed by atoms with E-state index in [-0.39, 0.29) is 16.4 Å². The van der Waals surface area contributed by atoms with Gasteiger partial charge in [-0.05, 0) is 40.9 Å². The van der Waals surface area contributed by atoms with E-state index in [2.05, 4.69) is 27.7 Å². The second-order valence-corrected chi connectivity index (χ2v) is 6.64. The Morgan fingerprint density at radius 3 is 2.05 bits per heavy atom. The Hall–Kier alpha value is -1.64. The Balaban J connectivity index is 2.60. The van der Waals surface area contributed by atoms with Crippen molar-refractivity contribution >= 4 is 11.8 Å². The molecule has 1 aliphatic carbocycles. The van der Waals surface area contributed by atoms with Gasteiger partial charge in [0.2, 0.25) is 5.78 Å². The zero-order valence-corrected chi connectivity index (χ0v) is 11.9. The van der Waals surface area contributed by atoms with Gasteiger partial charge in [0.15, 0.2) is 0 Å². The molecule has 2 rings (SSSR count). The lowest BCUT2D eigenvalue weighted by molar-refractivity contribution is -0.296. The SMILES string of the molecule is CC1(C)CCC(C)(C)c2cc(C(=O)C(=O)[O-])ccc21. The molecule has 0 unspecified atom stereocenters. The van der Waals surface area contributed by atoms with Gasteiger partial charge in [0.05, 0.1) is 0 Å². The van der Waals surface area contributed by atoms with Crippen LogP contribution >= 0.6 is 0 Å². The minimum absolute atomic E-state index is 0.0346. The van der Waals surface area contributed by atoms with Crippen molar-refractivity contribution in [2.45, 2.75) is 51.4 Å². The molecule has 3 nitrogen and oxygen atoms in total. The number of benzene rings is 1. The fourth-order valence-electron chi connectivity index (χ4n) is 2.85. The molecule has 0 radical (unpaired) electrons. The van der Waals surface area contributed by atoms with Crippen molar-refractivity contribution < 1.29 is 14.7 Å². The zero-order chi connectivity index (χ0) is 14.4. The molecule has 1 aromatic rings. The average molecular weight is 259 g/mol. The Bertz CT molecular complexity index is 553. The number of carboxylic acid groups (broad SMARTS) is 1. The minimum Gasteiger partial charge on any atom is -0.541 e. The summed E-state index contributed by atoms with van der Waals surface area (Å²) >= 11 is 0. The van der Waals surface area contributed by atoms with Gasteiger partial charge in [-0.2, -0.15) is 0 Å². The van der Waals surface area contributed by atoms with E-state index in [4.69, 9.17) is 0 Å². The number of aliphatic carboxylic acids is 1. The van der Waals surface area contributed by atoms with Gasteiger partial charge in [-0.3, -0.25) is 4.79 Å². The van der Waals surface area contributed by atoms with Crippen LogP contribution in [0, 0.1) is 0 Å². The summed E-state index contributed by atoms with van der Waals surface area (Å²) in [5, 5.41) is 10.7. The molecule has 3 heteroatoms. The highest BCUT2D eigenvalue weighted by molar-refractivity contribution is 6.39. The first-order valence-corrected chi connectivity index (χ1v) is 6.56. The highest BCUT2D eigenvalue weighted by Crippen LogP contribution is 2.45. The summed E-state index contributed by atoms with van der Waals surface area (Å²) in [5.41, 5.74) is 2.53. The van der Waals surface area contributed by atoms with Gasteiger partial charge in [-0.25, -0.2) is 0 Å². The standard InChI is InChI=1S/C16H20O3/c1-15(2)7-8-16(3,4)12-9-10(5-6-11(12)15)13(17)14(18)19/h5-6,9H,7-8H2,1-4H3,(H,18,19)/p-1. The normalized spacial score (nSPS) is 19.6. The lowest BCUT2D eigenvalue weighted by Crippen LogP contribution is -2.35. The van der Waals surface area contributed by atoms with E-state index in [0.29, 0.717) is 0 Å². The molecule has 0 aromatic heterocycles. The van der Waals surface area contributed by atoms with Crippen molar-refractivity contribution in [3.05, 3.63) is 34.9 Å². The van der Waals surface area contributed by atoms with E-state index in [1.165, 1.54) is 5.56 Å². The van der Waals surface area contributed by atoms with Crippen LogP contribution < -0.4 is 5.11 Å². The van der Waals surface area contributed by atoms with Crippen LogP contribution in [0.1, 0.15) is 62.0 Å². The zero-order valence-electron chi connectivity index (χ0n) is 11.9. The largest absolute Gasteiger partial charge is 0.541 e. The molecule has 1 aromatic carbocycles. The van der Waals surface area contributed by atoms with Crippen molar-refractivity contribution in [1.82, 2.24) is 0 Å². The lowest BCUT2D eigenvalue weighted by Gasteiger charge is -2.42. The van der Waals surface area contributed by atoms with Gasteiger partial charge in [0, 0.05) is 5.56 Å². The van der Waals surface area contributed by atoms with Crippen LogP contribution in [0.2, 0.25) is 0 Å². The predicted octanol–water partition coefficient (Wildman–Crippen LogP) is 1.97. The Kier molecular flexibility index (Phi) is 3.04. The summed E-state index contributed by atoms with van der Waals surface area (Å²) in [6, 6.07) is 5.22. The van der Waals surface area contributed by atoms with Gasteiger partial charge in [-0.1, -0.05) is 39.8 Å². The molecule has 0 aliphatic heterocycles. The average Bonchev–Trinajstić information content (AvgIpc) is 2.33.